The van der Waals surface area contributed by atoms with Crippen LogP contribution in [0.25, 0.3) is 0 Å². The molecule has 0 aromatic carbocycles. The number of carbonyl (C=O) groups is 1. The molecule has 1 rings (SSSR count). The summed E-state index contributed by atoms with van der Waals surface area (Å²) in [6.07, 6.45) is 0.627. The number of hydrogen-bond acceptors (Lipinski definition) is 5. The first-order chi connectivity index (χ1) is 8.49. The van der Waals surface area contributed by atoms with Gasteiger partial charge in [0.25, 0.3) is 0 Å². The summed E-state index contributed by atoms with van der Waals surface area (Å²) in [5.74, 6) is -0.685. The van der Waals surface area contributed by atoms with Gasteiger partial charge in [-0.15, -0.1) is 0 Å². The van der Waals surface area contributed by atoms with Crippen molar-refractivity contribution in [2.24, 2.45) is 0 Å². The lowest BCUT2D eigenvalue weighted by molar-refractivity contribution is -0.0123. The van der Waals surface area contributed by atoms with E-state index >= 15 is 0 Å². The molecule has 0 aliphatic heterocycles. The highest BCUT2D eigenvalue weighted by Gasteiger charge is 2.08. The third-order valence-electron chi connectivity index (χ3n) is 2.02. The Labute approximate surface area is 105 Å². The van der Waals surface area contributed by atoms with Gasteiger partial charge in [-0.1, -0.05) is 0 Å². The normalized spacial score (nSPS) is 12.4. The van der Waals surface area contributed by atoms with Crippen LogP contribution in [0.1, 0.15) is 24.3 Å². The van der Waals surface area contributed by atoms with Crippen molar-refractivity contribution >= 4 is 5.97 Å². The molecule has 0 spiro atoms. The van der Waals surface area contributed by atoms with Crippen LogP contribution in [-0.4, -0.2) is 46.6 Å². The topological polar surface area (TPSA) is 88.9 Å². The molecule has 1 aromatic heterocycles. The highest BCUT2D eigenvalue weighted by atomic mass is 16.5. The minimum atomic E-state index is -1.09. The van der Waals surface area contributed by atoms with Crippen molar-refractivity contribution in [2.45, 2.75) is 26.1 Å². The third-order valence-corrected chi connectivity index (χ3v) is 2.02. The molecule has 18 heavy (non-hydrogen) atoms. The standard InChI is InChI=1S/C12H17NO5/c1-8(2)17-6-9(14)7-18-10-3-4-11(12(15)16)13-5-10/h3-5,8-9,14H,6-7H2,1-2H3,(H,15,16). The molecule has 6 nitrogen and oxygen atoms in total. The molecule has 1 unspecified atom stereocenters. The number of nitrogens with zero attached hydrogens (tertiary/aromatic N) is 1. The molecule has 0 saturated heterocycles. The molecule has 1 heterocycles. The molecule has 0 bridgehead atoms. The lowest BCUT2D eigenvalue weighted by Crippen LogP contribution is -2.25. The summed E-state index contributed by atoms with van der Waals surface area (Å²) >= 11 is 0. The van der Waals surface area contributed by atoms with E-state index in [4.69, 9.17) is 14.6 Å². The van der Waals surface area contributed by atoms with E-state index in [1.165, 1.54) is 18.3 Å². The highest BCUT2D eigenvalue weighted by Crippen LogP contribution is 2.09. The summed E-state index contributed by atoms with van der Waals surface area (Å²) < 4.78 is 10.5. The Balaban J connectivity index is 2.36. The van der Waals surface area contributed by atoms with Crippen LogP contribution in [0.2, 0.25) is 0 Å². The van der Waals surface area contributed by atoms with Crippen LogP contribution in [0.15, 0.2) is 18.3 Å². The number of pyridine rings is 1. The number of carboxylic acid groups (broad SMARTS) is 1. The molecule has 0 aliphatic carbocycles. The van der Waals surface area contributed by atoms with Gasteiger partial charge in [-0.05, 0) is 26.0 Å². The van der Waals surface area contributed by atoms with Crippen LogP contribution in [0.5, 0.6) is 5.75 Å². The second-order valence-electron chi connectivity index (χ2n) is 4.03. The molecule has 6 heteroatoms. The summed E-state index contributed by atoms with van der Waals surface area (Å²) in [6.45, 7) is 4.02. The highest BCUT2D eigenvalue weighted by molar-refractivity contribution is 5.85. The zero-order valence-corrected chi connectivity index (χ0v) is 10.4. The number of aliphatic hydroxyl groups is 1. The predicted octanol–water partition coefficient (Wildman–Crippen LogP) is 0.945. The lowest BCUT2D eigenvalue weighted by Gasteiger charge is -2.14. The minimum Gasteiger partial charge on any atom is -0.489 e. The number of aromatic carboxylic acids is 1. The number of aromatic nitrogens is 1. The van der Waals surface area contributed by atoms with E-state index in [0.717, 1.165) is 0 Å². The van der Waals surface area contributed by atoms with Gasteiger partial charge in [0.15, 0.2) is 0 Å². The monoisotopic (exact) mass is 255 g/mol. The van der Waals surface area contributed by atoms with E-state index < -0.39 is 12.1 Å². The second-order valence-corrected chi connectivity index (χ2v) is 4.03. The molecule has 100 valence electrons. The first-order valence-corrected chi connectivity index (χ1v) is 5.61. The van der Waals surface area contributed by atoms with E-state index in [-0.39, 0.29) is 25.0 Å². The maximum Gasteiger partial charge on any atom is 0.354 e. The number of rotatable bonds is 7. The van der Waals surface area contributed by atoms with Crippen molar-refractivity contribution in [1.82, 2.24) is 4.98 Å². The van der Waals surface area contributed by atoms with Crippen LogP contribution in [-0.2, 0) is 4.74 Å². The van der Waals surface area contributed by atoms with Gasteiger partial charge in [0.2, 0.25) is 0 Å². The summed E-state index contributed by atoms with van der Waals surface area (Å²) in [6, 6.07) is 2.83. The fourth-order valence-corrected chi connectivity index (χ4v) is 1.14. The van der Waals surface area contributed by atoms with Crippen molar-refractivity contribution < 1.29 is 24.5 Å². The zero-order chi connectivity index (χ0) is 13.5. The van der Waals surface area contributed by atoms with E-state index in [9.17, 15) is 9.90 Å². The van der Waals surface area contributed by atoms with E-state index in [1.807, 2.05) is 13.8 Å². The zero-order valence-electron chi connectivity index (χ0n) is 10.4. The van der Waals surface area contributed by atoms with Gasteiger partial charge in [-0.25, -0.2) is 9.78 Å². The van der Waals surface area contributed by atoms with E-state index in [0.29, 0.717) is 5.75 Å². The van der Waals surface area contributed by atoms with Gasteiger partial charge in [0.1, 0.15) is 24.2 Å². The SMILES string of the molecule is CC(C)OCC(O)COc1ccc(C(=O)O)nc1. The van der Waals surface area contributed by atoms with Crippen LogP contribution < -0.4 is 4.74 Å². The average molecular weight is 255 g/mol. The smallest absolute Gasteiger partial charge is 0.354 e. The number of aliphatic hydroxyl groups excluding tert-OH is 1. The molecular formula is C12H17NO5. The Morgan fingerprint density at radius 1 is 1.39 bits per heavy atom. The molecule has 1 aromatic rings. The van der Waals surface area contributed by atoms with Crippen LogP contribution in [0, 0.1) is 0 Å². The van der Waals surface area contributed by atoms with Gasteiger partial charge in [-0.3, -0.25) is 0 Å². The molecule has 2 N–H and O–H groups in total. The number of carboxylic acids is 1. The van der Waals surface area contributed by atoms with Gasteiger partial charge in [0, 0.05) is 0 Å². The van der Waals surface area contributed by atoms with Gasteiger partial charge >= 0.3 is 5.97 Å². The average Bonchev–Trinajstić information content (AvgIpc) is 2.34. The number of hydrogen-bond donors (Lipinski definition) is 2. The first kappa shape index (κ1) is 14.4. The lowest BCUT2D eigenvalue weighted by atomic mass is 10.3. The summed E-state index contributed by atoms with van der Waals surface area (Å²) in [5, 5.41) is 18.2. The van der Waals surface area contributed by atoms with Crippen LogP contribution in [0.3, 0.4) is 0 Å². The Hall–Kier alpha value is -1.66. The van der Waals surface area contributed by atoms with Crippen LogP contribution in [0.4, 0.5) is 0 Å². The maximum absolute atomic E-state index is 10.6. The van der Waals surface area contributed by atoms with Crippen molar-refractivity contribution in [1.29, 1.82) is 0 Å². The summed E-state index contributed by atoms with van der Waals surface area (Å²) in [7, 11) is 0. The Bertz CT molecular complexity index is 377. The maximum atomic E-state index is 10.6. The fraction of sp³-hybridized carbons (Fsp3) is 0.500. The van der Waals surface area contributed by atoms with Crippen LogP contribution >= 0.6 is 0 Å². The Morgan fingerprint density at radius 3 is 2.61 bits per heavy atom. The molecule has 1 atom stereocenters. The third kappa shape index (κ3) is 5.11. The first-order valence-electron chi connectivity index (χ1n) is 5.61. The van der Waals surface area contributed by atoms with Crippen molar-refractivity contribution in [3.63, 3.8) is 0 Å². The van der Waals surface area contributed by atoms with E-state index in [1.54, 1.807) is 0 Å². The Kier molecular flexibility index (Phi) is 5.54. The summed E-state index contributed by atoms with van der Waals surface area (Å²) in [4.78, 5) is 14.3. The molecule has 0 fully saturated rings. The molecule has 0 amide bonds. The van der Waals surface area contributed by atoms with Gasteiger partial charge in [0.05, 0.1) is 18.9 Å². The Morgan fingerprint density at radius 2 is 2.11 bits per heavy atom. The second kappa shape index (κ2) is 6.93. The van der Waals surface area contributed by atoms with E-state index in [2.05, 4.69) is 4.98 Å². The summed E-state index contributed by atoms with van der Waals surface area (Å²) in [5.41, 5.74) is -0.0500. The van der Waals surface area contributed by atoms with Crippen molar-refractivity contribution in [3.8, 4) is 5.75 Å². The molecular weight excluding hydrogens is 238 g/mol. The predicted molar refractivity (Wildman–Crippen MR) is 63.8 cm³/mol. The number of ether oxygens (including phenoxy) is 2. The molecule has 0 radical (unpaired) electrons. The fourth-order valence-electron chi connectivity index (χ4n) is 1.14. The largest absolute Gasteiger partial charge is 0.489 e. The molecule has 0 aliphatic rings. The minimum absolute atomic E-state index is 0.0500. The van der Waals surface area contributed by atoms with Gasteiger partial charge in [-0.2, -0.15) is 0 Å². The molecule has 0 saturated carbocycles. The van der Waals surface area contributed by atoms with Crippen molar-refractivity contribution in [3.05, 3.63) is 24.0 Å². The van der Waals surface area contributed by atoms with Gasteiger partial charge < -0.3 is 19.7 Å². The quantitative estimate of drug-likeness (QED) is 0.754. The van der Waals surface area contributed by atoms with Crippen molar-refractivity contribution in [2.75, 3.05) is 13.2 Å².